The first-order valence-electron chi connectivity index (χ1n) is 16.2. The van der Waals surface area contributed by atoms with Crippen LogP contribution in [0.5, 0.6) is 17.2 Å². The highest BCUT2D eigenvalue weighted by Gasteiger charge is 2.35. The number of alkyl halides is 1. The SMILES string of the molecule is COc1cc2c(cc1OCCCCC(=O)N1C[C@@H](CCl)c3c1cc(O)c1cccc(C)c31)N=C[C@@H]1CC(c3ccc(N)cc3)=CN1C2=O. The second kappa shape index (κ2) is 12.9. The number of methoxy groups -OCH3 is 1. The Balaban J connectivity index is 0.998. The fourth-order valence-corrected chi connectivity index (χ4v) is 7.28. The summed E-state index contributed by atoms with van der Waals surface area (Å²) in [6, 6.07) is 18.4. The van der Waals surface area contributed by atoms with Crippen molar-refractivity contribution in [1.29, 1.82) is 0 Å². The number of anilines is 2. The standard InChI is InChI=1S/C38H37ClN4O5/c1-22-6-5-7-28-32(44)17-31-37(36(22)28)25(18-39)21-43(31)35(45)8-3-4-13-48-34-16-30-29(15-33(34)47-2)38(46)42-20-24(14-27(42)19-41-30)23-9-11-26(40)12-10-23/h5-7,9-12,15-17,19-20,25,27,44H,3-4,8,13-14,18,21,40H2,1-2H3/t25-,27+/m1/s1. The lowest BCUT2D eigenvalue weighted by Gasteiger charge is -2.19. The van der Waals surface area contributed by atoms with E-state index in [-0.39, 0.29) is 29.5 Å². The van der Waals surface area contributed by atoms with Crippen molar-refractivity contribution in [3.8, 4) is 17.2 Å². The number of rotatable bonds is 9. The number of ether oxygens (including phenoxy) is 2. The van der Waals surface area contributed by atoms with E-state index in [0.29, 0.717) is 73.2 Å². The van der Waals surface area contributed by atoms with Gasteiger partial charge in [-0.05, 0) is 65.6 Å². The minimum Gasteiger partial charge on any atom is -0.507 e. The molecule has 2 atom stereocenters. The van der Waals surface area contributed by atoms with Crippen LogP contribution in [-0.4, -0.2) is 60.2 Å². The topological polar surface area (TPSA) is 118 Å². The Morgan fingerprint density at radius 1 is 1.10 bits per heavy atom. The van der Waals surface area contributed by atoms with Crippen molar-refractivity contribution in [2.24, 2.45) is 4.99 Å². The van der Waals surface area contributed by atoms with Gasteiger partial charge in [-0.25, -0.2) is 0 Å². The lowest BCUT2D eigenvalue weighted by molar-refractivity contribution is -0.118. The zero-order chi connectivity index (χ0) is 33.5. The molecule has 4 aromatic rings. The summed E-state index contributed by atoms with van der Waals surface area (Å²) in [5, 5.41) is 12.5. The molecule has 0 saturated heterocycles. The molecule has 9 nitrogen and oxygen atoms in total. The van der Waals surface area contributed by atoms with Gasteiger partial charge >= 0.3 is 0 Å². The van der Waals surface area contributed by atoms with Crippen molar-refractivity contribution in [2.45, 2.75) is 44.6 Å². The van der Waals surface area contributed by atoms with E-state index in [9.17, 15) is 14.7 Å². The van der Waals surface area contributed by atoms with Gasteiger partial charge in [0.25, 0.3) is 5.91 Å². The van der Waals surface area contributed by atoms with Crippen LogP contribution in [0.15, 0.2) is 71.9 Å². The number of benzene rings is 4. The number of carbonyl (C=O) groups excluding carboxylic acids is 2. The second-order valence-electron chi connectivity index (χ2n) is 12.5. The molecule has 3 aliphatic heterocycles. The maximum Gasteiger partial charge on any atom is 0.260 e. The van der Waals surface area contributed by atoms with Crippen LogP contribution in [0.25, 0.3) is 16.3 Å². The Kier molecular flexibility index (Phi) is 8.47. The van der Waals surface area contributed by atoms with Gasteiger partial charge in [-0.1, -0.05) is 30.3 Å². The van der Waals surface area contributed by atoms with Crippen molar-refractivity contribution >= 4 is 63.0 Å². The Morgan fingerprint density at radius 2 is 1.92 bits per heavy atom. The van der Waals surface area contributed by atoms with Crippen LogP contribution < -0.4 is 20.1 Å². The Bertz CT molecular complexity index is 1990. The second-order valence-corrected chi connectivity index (χ2v) is 12.9. The molecule has 0 bridgehead atoms. The zero-order valence-corrected chi connectivity index (χ0v) is 27.7. The van der Waals surface area contributed by atoms with Crippen molar-refractivity contribution in [2.75, 3.05) is 36.8 Å². The lowest BCUT2D eigenvalue weighted by atomic mass is 9.92. The van der Waals surface area contributed by atoms with Gasteiger partial charge in [-0.15, -0.1) is 11.6 Å². The highest BCUT2D eigenvalue weighted by molar-refractivity contribution is 6.19. The van der Waals surface area contributed by atoms with E-state index < -0.39 is 0 Å². The molecular formula is C38H37ClN4O5. The number of phenolic OH excluding ortho intramolecular Hbond substituents is 1. The summed E-state index contributed by atoms with van der Waals surface area (Å²) >= 11 is 6.38. The highest BCUT2D eigenvalue weighted by Crippen LogP contribution is 2.46. The molecule has 0 aromatic heterocycles. The Morgan fingerprint density at radius 3 is 2.69 bits per heavy atom. The quantitative estimate of drug-likeness (QED) is 0.110. The maximum atomic E-state index is 13.6. The average Bonchev–Trinajstić information content (AvgIpc) is 3.66. The average molecular weight is 665 g/mol. The molecule has 0 saturated carbocycles. The van der Waals surface area contributed by atoms with Gasteiger partial charge in [0, 0.05) is 66.8 Å². The summed E-state index contributed by atoms with van der Waals surface area (Å²) in [5.41, 5.74) is 12.4. The number of carbonyl (C=O) groups is 2. The van der Waals surface area contributed by atoms with Crippen LogP contribution in [0.2, 0.25) is 0 Å². The number of unbranched alkanes of at least 4 members (excludes halogenated alkanes) is 1. The van der Waals surface area contributed by atoms with Crippen LogP contribution in [0.1, 0.15) is 58.6 Å². The van der Waals surface area contributed by atoms with Crippen LogP contribution in [0.4, 0.5) is 17.1 Å². The number of nitrogen functional groups attached to an aromatic ring is 1. The molecular weight excluding hydrogens is 628 g/mol. The maximum absolute atomic E-state index is 13.6. The predicted octanol–water partition coefficient (Wildman–Crippen LogP) is 7.33. The minimum atomic E-state index is -0.195. The normalized spacial score (nSPS) is 18.0. The molecule has 3 aliphatic rings. The van der Waals surface area contributed by atoms with Gasteiger partial charge in [0.1, 0.15) is 5.75 Å². The van der Waals surface area contributed by atoms with Crippen LogP contribution in [0.3, 0.4) is 0 Å². The molecule has 0 radical (unpaired) electrons. The van der Waals surface area contributed by atoms with Crippen LogP contribution in [-0.2, 0) is 4.79 Å². The smallest absolute Gasteiger partial charge is 0.260 e. The molecule has 3 heterocycles. The van der Waals surface area contributed by atoms with Gasteiger partial charge in [-0.2, -0.15) is 0 Å². The first kappa shape index (κ1) is 31.6. The molecule has 0 fully saturated rings. The molecule has 246 valence electrons. The number of aromatic hydroxyl groups is 1. The van der Waals surface area contributed by atoms with E-state index in [1.807, 2.05) is 61.8 Å². The van der Waals surface area contributed by atoms with Gasteiger partial charge in [0.15, 0.2) is 11.5 Å². The molecule has 3 N–H and O–H groups in total. The zero-order valence-electron chi connectivity index (χ0n) is 26.9. The number of hydrogen-bond acceptors (Lipinski definition) is 7. The number of aryl methyl sites for hydroxylation is 1. The number of aliphatic imine (C=N–C) groups is 1. The number of fused-ring (bicyclic) bond motifs is 5. The molecule has 2 amide bonds. The van der Waals surface area contributed by atoms with Crippen molar-refractivity contribution in [3.05, 3.63) is 89.1 Å². The van der Waals surface area contributed by atoms with Crippen molar-refractivity contribution in [3.63, 3.8) is 0 Å². The van der Waals surface area contributed by atoms with Crippen molar-refractivity contribution in [1.82, 2.24) is 4.90 Å². The van der Waals surface area contributed by atoms with Gasteiger partial charge in [0.05, 0.1) is 36.7 Å². The lowest BCUT2D eigenvalue weighted by Crippen LogP contribution is -2.32. The fraction of sp³-hybridized carbons (Fsp3) is 0.289. The van der Waals surface area contributed by atoms with E-state index in [1.165, 1.54) is 0 Å². The summed E-state index contributed by atoms with van der Waals surface area (Å²) in [6.45, 7) is 2.86. The monoisotopic (exact) mass is 664 g/mol. The first-order chi connectivity index (χ1) is 23.3. The number of phenols is 1. The number of nitrogens with two attached hydrogens (primary N) is 1. The molecule has 4 aromatic carbocycles. The largest absolute Gasteiger partial charge is 0.507 e. The Hall–Kier alpha value is -5.02. The molecule has 0 aliphatic carbocycles. The molecule has 48 heavy (non-hydrogen) atoms. The van der Waals surface area contributed by atoms with Crippen LogP contribution >= 0.6 is 11.6 Å². The highest BCUT2D eigenvalue weighted by atomic mass is 35.5. The van der Waals surface area contributed by atoms with E-state index in [1.54, 1.807) is 35.1 Å². The summed E-state index contributed by atoms with van der Waals surface area (Å²) in [6.07, 6.45) is 5.91. The minimum absolute atomic E-state index is 0.00784. The number of halogens is 1. The third-order valence-corrected chi connectivity index (χ3v) is 9.87. The Labute approximate surface area is 284 Å². The number of nitrogens with zero attached hydrogens (tertiary/aromatic N) is 3. The fourth-order valence-electron chi connectivity index (χ4n) is 7.02. The van der Waals surface area contributed by atoms with E-state index in [2.05, 4.69) is 4.99 Å². The summed E-state index contributed by atoms with van der Waals surface area (Å²) in [5.74, 6) is 1.30. The molecule has 10 heteroatoms. The number of hydrogen-bond donors (Lipinski definition) is 2. The van der Waals surface area contributed by atoms with E-state index in [0.717, 1.165) is 38.7 Å². The predicted molar refractivity (Wildman–Crippen MR) is 190 cm³/mol. The van der Waals surface area contributed by atoms with Gasteiger partial charge in [-0.3, -0.25) is 14.6 Å². The summed E-state index contributed by atoms with van der Waals surface area (Å²) in [7, 11) is 1.54. The summed E-state index contributed by atoms with van der Waals surface area (Å²) < 4.78 is 11.7. The van der Waals surface area contributed by atoms with Gasteiger partial charge < -0.3 is 30.1 Å². The van der Waals surface area contributed by atoms with E-state index in [4.69, 9.17) is 26.8 Å². The third kappa shape index (κ3) is 5.62. The summed E-state index contributed by atoms with van der Waals surface area (Å²) in [4.78, 5) is 35.2. The molecule has 7 rings (SSSR count). The third-order valence-electron chi connectivity index (χ3n) is 9.49. The number of amides is 2. The van der Waals surface area contributed by atoms with Gasteiger partial charge in [0.2, 0.25) is 5.91 Å². The first-order valence-corrected chi connectivity index (χ1v) is 16.7. The van der Waals surface area contributed by atoms with Crippen molar-refractivity contribution < 1.29 is 24.2 Å². The van der Waals surface area contributed by atoms with E-state index >= 15 is 0 Å². The molecule has 0 unspecified atom stereocenters. The molecule has 0 spiro atoms. The van der Waals surface area contributed by atoms with Crippen LogP contribution in [0, 0.1) is 6.92 Å².